The summed E-state index contributed by atoms with van der Waals surface area (Å²) in [6.45, 7) is 11.3. The molecule has 0 N–H and O–H groups in total. The summed E-state index contributed by atoms with van der Waals surface area (Å²) in [7, 11) is 1.16. The molecule has 0 aliphatic carbocycles. The van der Waals surface area contributed by atoms with Gasteiger partial charge in [0.2, 0.25) is 0 Å². The van der Waals surface area contributed by atoms with Gasteiger partial charge in [-0.2, -0.15) is 0 Å². The number of rotatable bonds is 8. The van der Waals surface area contributed by atoms with Crippen molar-refractivity contribution >= 4 is 8.32 Å². The average Bonchev–Trinajstić information content (AvgIpc) is 2.64. The summed E-state index contributed by atoms with van der Waals surface area (Å²) in [5.74, 6) is 1.62. The molecule has 0 fully saturated rings. The minimum atomic E-state index is -2.06. The van der Waals surface area contributed by atoms with Crippen molar-refractivity contribution in [3.05, 3.63) is 53.8 Å². The van der Waals surface area contributed by atoms with Crippen molar-refractivity contribution in [2.75, 3.05) is 20.8 Å². The molecule has 154 valence electrons. The molecule has 1 unspecified atom stereocenters. The van der Waals surface area contributed by atoms with Crippen LogP contribution >= 0.6 is 0 Å². The molecular weight excluding hydrogens is 375 g/mol. The van der Waals surface area contributed by atoms with Gasteiger partial charge in [0.05, 0.1) is 14.2 Å². The van der Waals surface area contributed by atoms with Crippen molar-refractivity contribution in [1.82, 2.24) is 0 Å². The highest BCUT2D eigenvalue weighted by atomic mass is 28.4. The lowest BCUT2D eigenvalue weighted by Crippen LogP contribution is -2.42. The zero-order chi connectivity index (χ0) is 20.9. The number of benzene rings is 2. The van der Waals surface area contributed by atoms with Crippen molar-refractivity contribution in [1.29, 1.82) is 0 Å². The van der Waals surface area contributed by atoms with Gasteiger partial charge in [-0.25, -0.2) is 4.39 Å². The number of halogens is 1. The molecule has 0 aromatic heterocycles. The van der Waals surface area contributed by atoms with E-state index >= 15 is 0 Å². The Morgan fingerprint density at radius 2 is 1.54 bits per heavy atom. The second-order valence-corrected chi connectivity index (χ2v) is 13.0. The molecule has 2 rings (SSSR count). The van der Waals surface area contributed by atoms with E-state index in [1.54, 1.807) is 26.4 Å². The van der Waals surface area contributed by atoms with Gasteiger partial charge >= 0.3 is 0 Å². The summed E-state index contributed by atoms with van der Waals surface area (Å²) in [6.07, 6.45) is -0.286. The molecule has 28 heavy (non-hydrogen) atoms. The Kier molecular flexibility index (Phi) is 7.12. The summed E-state index contributed by atoms with van der Waals surface area (Å²) < 4.78 is 36.5. The predicted octanol–water partition coefficient (Wildman–Crippen LogP) is 5.98. The van der Waals surface area contributed by atoms with Gasteiger partial charge in [-0.05, 0) is 60.1 Å². The fraction of sp³-hybridized carbons (Fsp3) is 0.455. The number of hydrogen-bond acceptors (Lipinski definition) is 4. The van der Waals surface area contributed by atoms with E-state index in [1.807, 2.05) is 18.2 Å². The van der Waals surface area contributed by atoms with E-state index in [2.05, 4.69) is 33.9 Å². The molecule has 0 saturated carbocycles. The second-order valence-electron chi connectivity index (χ2n) is 8.25. The Hall–Kier alpha value is -2.05. The van der Waals surface area contributed by atoms with Gasteiger partial charge in [0.1, 0.15) is 24.3 Å². The van der Waals surface area contributed by atoms with Gasteiger partial charge in [0, 0.05) is 0 Å². The van der Waals surface area contributed by atoms with E-state index in [-0.39, 0.29) is 17.0 Å². The minimum Gasteiger partial charge on any atom is -0.493 e. The summed E-state index contributed by atoms with van der Waals surface area (Å²) in [4.78, 5) is 0. The van der Waals surface area contributed by atoms with E-state index in [4.69, 9.17) is 18.6 Å². The van der Waals surface area contributed by atoms with Crippen LogP contribution in [-0.4, -0.2) is 29.1 Å². The summed E-state index contributed by atoms with van der Waals surface area (Å²) in [6, 6.07) is 11.8. The molecule has 6 heteroatoms. The third-order valence-corrected chi connectivity index (χ3v) is 9.72. The molecular formula is C22H31FO4Si. The van der Waals surface area contributed by atoms with Crippen LogP contribution in [0.4, 0.5) is 4.39 Å². The van der Waals surface area contributed by atoms with Crippen LogP contribution in [0.15, 0.2) is 42.5 Å². The first-order valence-corrected chi connectivity index (χ1v) is 12.3. The number of methoxy groups -OCH3 is 2. The molecule has 0 amide bonds. The van der Waals surface area contributed by atoms with Gasteiger partial charge in [-0.1, -0.05) is 26.8 Å². The van der Waals surface area contributed by atoms with E-state index in [0.717, 1.165) is 5.56 Å². The maximum absolute atomic E-state index is 13.2. The maximum atomic E-state index is 13.2. The lowest BCUT2D eigenvalue weighted by atomic mass is 10.1. The Morgan fingerprint density at radius 3 is 2.07 bits per heavy atom. The highest BCUT2D eigenvalue weighted by molar-refractivity contribution is 6.74. The molecule has 0 aliphatic rings. The third-order valence-electron chi connectivity index (χ3n) is 5.24. The summed E-state index contributed by atoms with van der Waals surface area (Å²) in [5.41, 5.74) is 0.949. The molecule has 0 radical (unpaired) electrons. The highest BCUT2D eigenvalue weighted by Crippen LogP contribution is 2.41. The number of ether oxygens (including phenoxy) is 3. The molecule has 2 aromatic rings. The molecule has 1 atom stereocenters. The fourth-order valence-corrected chi connectivity index (χ4v) is 3.76. The monoisotopic (exact) mass is 406 g/mol. The van der Waals surface area contributed by atoms with Crippen LogP contribution in [0.5, 0.6) is 17.2 Å². The van der Waals surface area contributed by atoms with Gasteiger partial charge in [0.15, 0.2) is 19.8 Å². The largest absolute Gasteiger partial charge is 0.493 e. The first-order chi connectivity index (χ1) is 13.1. The first-order valence-electron chi connectivity index (χ1n) is 9.35. The number of hydrogen-bond donors (Lipinski definition) is 0. The quantitative estimate of drug-likeness (QED) is 0.505. The molecule has 0 aliphatic heterocycles. The van der Waals surface area contributed by atoms with Gasteiger partial charge in [0.25, 0.3) is 0 Å². The van der Waals surface area contributed by atoms with Crippen molar-refractivity contribution in [2.24, 2.45) is 0 Å². The molecule has 4 nitrogen and oxygen atoms in total. The van der Waals surface area contributed by atoms with Crippen LogP contribution in [0.2, 0.25) is 18.1 Å². The van der Waals surface area contributed by atoms with Crippen LogP contribution in [0.25, 0.3) is 0 Å². The highest BCUT2D eigenvalue weighted by Gasteiger charge is 2.39. The molecule has 0 bridgehead atoms. The Labute approximate surface area is 168 Å². The zero-order valence-electron chi connectivity index (χ0n) is 17.8. The van der Waals surface area contributed by atoms with Gasteiger partial charge in [-0.15, -0.1) is 0 Å². The molecule has 0 heterocycles. The van der Waals surface area contributed by atoms with Crippen LogP contribution in [-0.2, 0) is 4.43 Å². The van der Waals surface area contributed by atoms with E-state index in [0.29, 0.717) is 23.9 Å². The molecule has 2 aromatic carbocycles. The second kappa shape index (κ2) is 8.96. The smallest absolute Gasteiger partial charge is 0.193 e. The topological polar surface area (TPSA) is 36.9 Å². The van der Waals surface area contributed by atoms with E-state index in [1.165, 1.54) is 12.1 Å². The maximum Gasteiger partial charge on any atom is 0.193 e. The Bertz CT molecular complexity index is 769. The first kappa shape index (κ1) is 22.2. The molecule has 0 saturated heterocycles. The van der Waals surface area contributed by atoms with E-state index in [9.17, 15) is 4.39 Å². The van der Waals surface area contributed by atoms with Gasteiger partial charge in [-0.3, -0.25) is 0 Å². The molecule has 0 spiro atoms. The minimum absolute atomic E-state index is 0.0533. The fourth-order valence-electron chi connectivity index (χ4n) is 2.49. The summed E-state index contributed by atoms with van der Waals surface area (Å²) in [5, 5.41) is 0.0533. The lowest BCUT2D eigenvalue weighted by Gasteiger charge is -2.39. The van der Waals surface area contributed by atoms with Crippen molar-refractivity contribution in [3.8, 4) is 17.2 Å². The van der Waals surface area contributed by atoms with Crippen LogP contribution in [0.3, 0.4) is 0 Å². The SMILES string of the molecule is COc1ccc(C(COc2ccc(F)cc2)O[Si](C)(C)C(C)(C)C)cc1OC. The summed E-state index contributed by atoms with van der Waals surface area (Å²) >= 11 is 0. The normalized spacial score (nSPS) is 13.1. The standard InChI is InChI=1S/C22H31FO4Si/c1-22(2,3)28(6,7)27-21(15-26-18-11-9-17(23)10-12-18)16-8-13-19(24-4)20(14-16)25-5/h8-14,21H,15H2,1-7H3. The lowest BCUT2D eigenvalue weighted by molar-refractivity contribution is 0.115. The van der Waals surface area contributed by atoms with Crippen LogP contribution in [0, 0.1) is 5.82 Å². The van der Waals surface area contributed by atoms with Crippen LogP contribution < -0.4 is 14.2 Å². The predicted molar refractivity (Wildman–Crippen MR) is 112 cm³/mol. The Morgan fingerprint density at radius 1 is 0.929 bits per heavy atom. The van der Waals surface area contributed by atoms with Crippen molar-refractivity contribution in [3.63, 3.8) is 0 Å². The van der Waals surface area contributed by atoms with Crippen molar-refractivity contribution < 1.29 is 23.0 Å². The van der Waals surface area contributed by atoms with Gasteiger partial charge < -0.3 is 18.6 Å². The average molecular weight is 407 g/mol. The third kappa shape index (κ3) is 5.48. The van der Waals surface area contributed by atoms with E-state index < -0.39 is 8.32 Å². The van der Waals surface area contributed by atoms with Crippen molar-refractivity contribution in [2.45, 2.75) is 45.0 Å². The Balaban J connectivity index is 2.31. The zero-order valence-corrected chi connectivity index (χ0v) is 18.8. The van der Waals surface area contributed by atoms with Crippen LogP contribution in [0.1, 0.15) is 32.4 Å².